The van der Waals surface area contributed by atoms with Crippen molar-refractivity contribution in [1.29, 1.82) is 0 Å². The number of anilines is 1. The van der Waals surface area contributed by atoms with Gasteiger partial charge in [-0.3, -0.25) is 5.43 Å². The summed E-state index contributed by atoms with van der Waals surface area (Å²) < 4.78 is 37.6. The van der Waals surface area contributed by atoms with Crippen LogP contribution in [0.15, 0.2) is 53.6 Å². The number of hydrogen-bond donors (Lipinski definition) is 1. The Morgan fingerprint density at radius 2 is 1.80 bits per heavy atom. The first-order valence-electron chi connectivity index (χ1n) is 5.98. The first-order valence-corrected chi connectivity index (χ1v) is 5.98. The second-order valence-electron chi connectivity index (χ2n) is 4.36. The van der Waals surface area contributed by atoms with E-state index >= 15 is 0 Å². The van der Waals surface area contributed by atoms with Crippen LogP contribution in [0.4, 0.5) is 18.9 Å². The van der Waals surface area contributed by atoms with Crippen LogP contribution in [0.1, 0.15) is 16.7 Å². The fourth-order valence-electron chi connectivity index (χ4n) is 1.69. The van der Waals surface area contributed by atoms with Gasteiger partial charge in [0.15, 0.2) is 0 Å². The highest BCUT2D eigenvalue weighted by Gasteiger charge is 2.30. The number of aryl methyl sites for hydroxylation is 1. The van der Waals surface area contributed by atoms with Crippen molar-refractivity contribution >= 4 is 11.9 Å². The Morgan fingerprint density at radius 1 is 1.05 bits per heavy atom. The van der Waals surface area contributed by atoms with Crippen molar-refractivity contribution in [3.63, 3.8) is 0 Å². The smallest absolute Gasteiger partial charge is 0.278 e. The van der Waals surface area contributed by atoms with E-state index in [1.54, 1.807) is 6.07 Å². The number of halogens is 3. The third-order valence-corrected chi connectivity index (χ3v) is 2.64. The summed E-state index contributed by atoms with van der Waals surface area (Å²) in [4.78, 5) is 0. The fraction of sp³-hybridized carbons (Fsp3) is 0.133. The SMILES string of the molecule is Cc1cccc(N/N=C/c2cccc(C(F)(F)F)c2)c1. The maximum atomic E-state index is 12.5. The molecule has 1 N–H and O–H groups in total. The zero-order valence-electron chi connectivity index (χ0n) is 10.8. The Hall–Kier alpha value is -2.30. The summed E-state index contributed by atoms with van der Waals surface area (Å²) in [6, 6.07) is 12.6. The van der Waals surface area contributed by atoms with Crippen LogP contribution in [0.25, 0.3) is 0 Å². The third-order valence-electron chi connectivity index (χ3n) is 2.64. The third kappa shape index (κ3) is 3.85. The van der Waals surface area contributed by atoms with E-state index in [-0.39, 0.29) is 0 Å². The number of nitrogens with zero attached hydrogens (tertiary/aromatic N) is 1. The molecule has 0 unspecified atom stereocenters. The molecule has 0 heterocycles. The van der Waals surface area contributed by atoms with Gasteiger partial charge in [-0.15, -0.1) is 0 Å². The molecule has 0 saturated heterocycles. The van der Waals surface area contributed by atoms with E-state index in [1.807, 2.05) is 31.2 Å². The van der Waals surface area contributed by atoms with E-state index in [1.165, 1.54) is 12.3 Å². The lowest BCUT2D eigenvalue weighted by Gasteiger charge is -2.06. The molecule has 0 radical (unpaired) electrons. The minimum absolute atomic E-state index is 0.389. The lowest BCUT2D eigenvalue weighted by molar-refractivity contribution is -0.137. The number of hydrogen-bond acceptors (Lipinski definition) is 2. The molecule has 20 heavy (non-hydrogen) atoms. The molecule has 0 saturated carbocycles. The second kappa shape index (κ2) is 5.77. The summed E-state index contributed by atoms with van der Waals surface area (Å²) in [5, 5.41) is 3.93. The minimum Gasteiger partial charge on any atom is -0.278 e. The molecule has 5 heteroatoms. The Bertz CT molecular complexity index is 619. The molecule has 0 bridgehead atoms. The molecule has 0 aliphatic heterocycles. The zero-order valence-corrected chi connectivity index (χ0v) is 10.8. The summed E-state index contributed by atoms with van der Waals surface area (Å²) in [5.74, 6) is 0. The van der Waals surface area contributed by atoms with Gasteiger partial charge in [0.25, 0.3) is 0 Å². The van der Waals surface area contributed by atoms with Gasteiger partial charge in [-0.25, -0.2) is 0 Å². The van der Waals surface area contributed by atoms with Crippen LogP contribution in [0.2, 0.25) is 0 Å². The molecule has 0 amide bonds. The quantitative estimate of drug-likeness (QED) is 0.650. The van der Waals surface area contributed by atoms with Crippen molar-refractivity contribution in [2.45, 2.75) is 13.1 Å². The molecular formula is C15H13F3N2. The van der Waals surface area contributed by atoms with Gasteiger partial charge in [0.05, 0.1) is 17.5 Å². The summed E-state index contributed by atoms with van der Waals surface area (Å²) in [7, 11) is 0. The standard InChI is InChI=1S/C15H13F3N2/c1-11-4-2-7-14(8-11)20-19-10-12-5-3-6-13(9-12)15(16,17)18/h2-10,20H,1H3/b19-10+. The number of hydrazone groups is 1. The summed E-state index contributed by atoms with van der Waals surface area (Å²) in [6.45, 7) is 1.95. The molecule has 2 nitrogen and oxygen atoms in total. The maximum Gasteiger partial charge on any atom is 0.416 e. The van der Waals surface area contributed by atoms with Gasteiger partial charge in [0.2, 0.25) is 0 Å². The molecule has 0 fully saturated rings. The number of rotatable bonds is 3. The summed E-state index contributed by atoms with van der Waals surface area (Å²) in [6.07, 6.45) is -2.98. The molecule has 0 aliphatic rings. The molecule has 104 valence electrons. The number of nitrogens with one attached hydrogen (secondary N) is 1. The minimum atomic E-state index is -4.34. The highest BCUT2D eigenvalue weighted by atomic mass is 19.4. The number of benzene rings is 2. The second-order valence-corrected chi connectivity index (χ2v) is 4.36. The van der Waals surface area contributed by atoms with Crippen molar-refractivity contribution in [3.8, 4) is 0 Å². The average molecular weight is 278 g/mol. The van der Waals surface area contributed by atoms with Gasteiger partial charge in [0.1, 0.15) is 0 Å². The van der Waals surface area contributed by atoms with E-state index < -0.39 is 11.7 Å². The van der Waals surface area contributed by atoms with E-state index in [9.17, 15) is 13.2 Å². The molecule has 2 aromatic rings. The van der Waals surface area contributed by atoms with Crippen LogP contribution < -0.4 is 5.43 Å². The summed E-state index contributed by atoms with van der Waals surface area (Å²) >= 11 is 0. The Labute approximate surface area is 114 Å². The monoisotopic (exact) mass is 278 g/mol. The van der Waals surface area contributed by atoms with Gasteiger partial charge < -0.3 is 0 Å². The first-order chi connectivity index (χ1) is 9.45. The molecule has 0 aromatic heterocycles. The fourth-order valence-corrected chi connectivity index (χ4v) is 1.69. The zero-order chi connectivity index (χ0) is 14.6. The van der Waals surface area contributed by atoms with Crippen molar-refractivity contribution < 1.29 is 13.2 Å². The Morgan fingerprint density at radius 3 is 2.50 bits per heavy atom. The Balaban J connectivity index is 2.08. The van der Waals surface area contributed by atoms with Crippen molar-refractivity contribution in [3.05, 3.63) is 65.2 Å². The normalized spacial score (nSPS) is 11.8. The van der Waals surface area contributed by atoms with E-state index in [2.05, 4.69) is 10.5 Å². The molecule has 2 rings (SSSR count). The largest absolute Gasteiger partial charge is 0.416 e. The highest BCUT2D eigenvalue weighted by Crippen LogP contribution is 2.29. The van der Waals surface area contributed by atoms with Crippen LogP contribution in [0.5, 0.6) is 0 Å². The summed E-state index contributed by atoms with van der Waals surface area (Å²) in [5.41, 5.74) is 4.34. The highest BCUT2D eigenvalue weighted by molar-refractivity contribution is 5.80. The lowest BCUT2D eigenvalue weighted by atomic mass is 10.1. The van der Waals surface area contributed by atoms with E-state index in [0.29, 0.717) is 5.56 Å². The number of alkyl halides is 3. The molecule has 0 aliphatic carbocycles. The molecule has 0 atom stereocenters. The predicted molar refractivity (Wildman–Crippen MR) is 73.8 cm³/mol. The van der Waals surface area contributed by atoms with E-state index in [0.717, 1.165) is 23.4 Å². The van der Waals surface area contributed by atoms with E-state index in [4.69, 9.17) is 0 Å². The first kappa shape index (κ1) is 14.1. The average Bonchev–Trinajstić information content (AvgIpc) is 2.38. The van der Waals surface area contributed by atoms with Crippen LogP contribution in [-0.2, 0) is 6.18 Å². The van der Waals surface area contributed by atoms with Crippen LogP contribution in [0, 0.1) is 6.92 Å². The van der Waals surface area contributed by atoms with Gasteiger partial charge in [-0.2, -0.15) is 18.3 Å². The van der Waals surface area contributed by atoms with Crippen molar-refractivity contribution in [2.24, 2.45) is 5.10 Å². The van der Waals surface area contributed by atoms with Crippen LogP contribution in [0.3, 0.4) is 0 Å². The lowest BCUT2D eigenvalue weighted by Crippen LogP contribution is -2.05. The van der Waals surface area contributed by atoms with Gasteiger partial charge in [0, 0.05) is 0 Å². The maximum absolute atomic E-state index is 12.5. The van der Waals surface area contributed by atoms with Crippen molar-refractivity contribution in [2.75, 3.05) is 5.43 Å². The van der Waals surface area contributed by atoms with Gasteiger partial charge in [-0.05, 0) is 42.3 Å². The van der Waals surface area contributed by atoms with Crippen LogP contribution >= 0.6 is 0 Å². The van der Waals surface area contributed by atoms with Gasteiger partial charge in [-0.1, -0.05) is 24.3 Å². The predicted octanol–water partition coefficient (Wildman–Crippen LogP) is 4.46. The molecule has 0 spiro atoms. The molecular weight excluding hydrogens is 265 g/mol. The molecule has 2 aromatic carbocycles. The topological polar surface area (TPSA) is 24.4 Å². The van der Waals surface area contributed by atoms with Crippen LogP contribution in [-0.4, -0.2) is 6.21 Å². The Kier molecular flexibility index (Phi) is 4.08. The van der Waals surface area contributed by atoms with Crippen molar-refractivity contribution in [1.82, 2.24) is 0 Å². The van der Waals surface area contributed by atoms with Gasteiger partial charge >= 0.3 is 6.18 Å².